The second kappa shape index (κ2) is 9.32. The number of amides is 1. The minimum absolute atomic E-state index is 0.139. The maximum Gasteiger partial charge on any atom is 0.236 e. The van der Waals surface area contributed by atoms with E-state index in [0.717, 1.165) is 21.8 Å². The van der Waals surface area contributed by atoms with Crippen molar-refractivity contribution in [3.63, 3.8) is 0 Å². The molecule has 1 N–H and O–H groups in total. The van der Waals surface area contributed by atoms with Gasteiger partial charge >= 0.3 is 0 Å². The Labute approximate surface area is 188 Å². The molecule has 9 heteroatoms. The number of para-hydroxylation sites is 2. The lowest BCUT2D eigenvalue weighted by molar-refractivity contribution is -0.113. The van der Waals surface area contributed by atoms with Crippen molar-refractivity contribution in [1.29, 1.82) is 0 Å². The van der Waals surface area contributed by atoms with Crippen LogP contribution in [0.25, 0.3) is 17.1 Å². The number of hydrogen-bond acceptors (Lipinski definition) is 7. The third-order valence-electron chi connectivity index (χ3n) is 4.60. The van der Waals surface area contributed by atoms with E-state index < -0.39 is 0 Å². The summed E-state index contributed by atoms with van der Waals surface area (Å²) in [5.74, 6) is 1.41. The van der Waals surface area contributed by atoms with E-state index in [1.165, 1.54) is 23.1 Å². The van der Waals surface area contributed by atoms with Gasteiger partial charge in [-0.05, 0) is 38.1 Å². The third kappa shape index (κ3) is 4.62. The summed E-state index contributed by atoms with van der Waals surface area (Å²) in [5.41, 5.74) is 2.66. The minimum atomic E-state index is -0.139. The number of benzene rings is 2. The molecule has 0 saturated carbocycles. The van der Waals surface area contributed by atoms with Gasteiger partial charge in [0, 0.05) is 10.6 Å². The van der Waals surface area contributed by atoms with Crippen molar-refractivity contribution in [2.45, 2.75) is 19.0 Å². The van der Waals surface area contributed by atoms with Crippen LogP contribution in [-0.4, -0.2) is 38.5 Å². The number of nitrogens with zero attached hydrogens (tertiary/aromatic N) is 4. The smallest absolute Gasteiger partial charge is 0.236 e. The van der Waals surface area contributed by atoms with Crippen molar-refractivity contribution in [3.8, 4) is 22.8 Å². The molecule has 0 fully saturated rings. The first-order valence-corrected chi connectivity index (χ1v) is 11.4. The fourth-order valence-corrected chi connectivity index (χ4v) is 4.57. The van der Waals surface area contributed by atoms with Crippen LogP contribution >= 0.6 is 23.1 Å². The second-order valence-electron chi connectivity index (χ2n) is 6.67. The van der Waals surface area contributed by atoms with E-state index in [9.17, 15) is 4.79 Å². The number of anilines is 1. The average molecular weight is 452 g/mol. The Balaban J connectivity index is 1.62. The first kappa shape index (κ1) is 21.1. The maximum absolute atomic E-state index is 12.5. The van der Waals surface area contributed by atoms with Gasteiger partial charge in [0.2, 0.25) is 5.91 Å². The number of nitrogens with one attached hydrogen (secondary N) is 1. The van der Waals surface area contributed by atoms with Gasteiger partial charge in [0.05, 0.1) is 24.1 Å². The largest absolute Gasteiger partial charge is 0.496 e. The van der Waals surface area contributed by atoms with E-state index in [-0.39, 0.29) is 11.7 Å². The molecule has 0 radical (unpaired) electrons. The molecule has 0 aliphatic carbocycles. The first-order chi connectivity index (χ1) is 15.1. The Morgan fingerprint density at radius 1 is 1.10 bits per heavy atom. The van der Waals surface area contributed by atoms with Crippen LogP contribution in [0.5, 0.6) is 5.75 Å². The standard InChI is InChI=1S/C22H21N5O2S2/c1-14-15(2)31-21(23-14)24-19(28)13-30-22-26-25-20(17-11-7-8-12-18(17)29-3)27(22)16-9-5-4-6-10-16/h4-12H,13H2,1-3H3,(H,23,24,28). The zero-order chi connectivity index (χ0) is 21.8. The summed E-state index contributed by atoms with van der Waals surface area (Å²) in [5, 5.41) is 12.9. The summed E-state index contributed by atoms with van der Waals surface area (Å²) in [4.78, 5) is 17.9. The predicted octanol–water partition coefficient (Wildman–Crippen LogP) is 4.75. The fourth-order valence-electron chi connectivity index (χ4n) is 2.99. The van der Waals surface area contributed by atoms with Crippen LogP contribution in [-0.2, 0) is 4.79 Å². The number of thiazole rings is 1. The highest BCUT2D eigenvalue weighted by Gasteiger charge is 2.20. The molecule has 158 valence electrons. The lowest BCUT2D eigenvalue weighted by Gasteiger charge is -2.12. The number of carbonyl (C=O) groups excluding carboxylic acids is 1. The van der Waals surface area contributed by atoms with Crippen LogP contribution < -0.4 is 10.1 Å². The van der Waals surface area contributed by atoms with Crippen molar-refractivity contribution in [2.75, 3.05) is 18.2 Å². The predicted molar refractivity (Wildman–Crippen MR) is 124 cm³/mol. The Morgan fingerprint density at radius 3 is 2.55 bits per heavy atom. The van der Waals surface area contributed by atoms with E-state index in [0.29, 0.717) is 21.9 Å². The number of aromatic nitrogens is 4. The molecule has 0 atom stereocenters. The lowest BCUT2D eigenvalue weighted by Crippen LogP contribution is -2.14. The highest BCUT2D eigenvalue weighted by Crippen LogP contribution is 2.33. The summed E-state index contributed by atoms with van der Waals surface area (Å²) in [7, 11) is 1.63. The summed E-state index contributed by atoms with van der Waals surface area (Å²) < 4.78 is 7.46. The van der Waals surface area contributed by atoms with E-state index >= 15 is 0 Å². The molecule has 2 aromatic carbocycles. The Morgan fingerprint density at radius 2 is 1.84 bits per heavy atom. The molecular weight excluding hydrogens is 430 g/mol. The molecule has 0 saturated heterocycles. The number of thioether (sulfide) groups is 1. The van der Waals surface area contributed by atoms with E-state index in [4.69, 9.17) is 4.74 Å². The van der Waals surface area contributed by atoms with Crippen molar-refractivity contribution >= 4 is 34.1 Å². The molecule has 0 unspecified atom stereocenters. The molecule has 0 spiro atoms. The summed E-state index contributed by atoms with van der Waals surface area (Å²) in [6.45, 7) is 3.91. The van der Waals surface area contributed by atoms with Gasteiger partial charge in [-0.15, -0.1) is 21.5 Å². The van der Waals surface area contributed by atoms with Gasteiger partial charge in [0.1, 0.15) is 5.75 Å². The quantitative estimate of drug-likeness (QED) is 0.409. The number of hydrogen-bond donors (Lipinski definition) is 1. The zero-order valence-electron chi connectivity index (χ0n) is 17.3. The number of rotatable bonds is 7. The molecular formula is C22H21N5O2S2. The van der Waals surface area contributed by atoms with Gasteiger partial charge in [0.15, 0.2) is 16.1 Å². The van der Waals surface area contributed by atoms with Crippen molar-refractivity contribution in [1.82, 2.24) is 19.7 Å². The maximum atomic E-state index is 12.5. The van der Waals surface area contributed by atoms with E-state index in [2.05, 4.69) is 20.5 Å². The molecule has 7 nitrogen and oxygen atoms in total. The third-order valence-corrected chi connectivity index (χ3v) is 6.52. The summed E-state index contributed by atoms with van der Waals surface area (Å²) in [6, 6.07) is 17.5. The number of carbonyl (C=O) groups is 1. The van der Waals surface area contributed by atoms with Crippen molar-refractivity contribution in [3.05, 3.63) is 65.2 Å². The van der Waals surface area contributed by atoms with Crippen LogP contribution in [0.2, 0.25) is 0 Å². The SMILES string of the molecule is COc1ccccc1-c1nnc(SCC(=O)Nc2nc(C)c(C)s2)n1-c1ccccc1. The Bertz CT molecular complexity index is 1180. The van der Waals surface area contributed by atoms with Gasteiger partial charge in [-0.25, -0.2) is 4.98 Å². The van der Waals surface area contributed by atoms with Gasteiger partial charge in [-0.2, -0.15) is 0 Å². The molecule has 0 aliphatic heterocycles. The average Bonchev–Trinajstić information content (AvgIpc) is 3.35. The van der Waals surface area contributed by atoms with E-state index in [1.54, 1.807) is 7.11 Å². The molecule has 0 bridgehead atoms. The van der Waals surface area contributed by atoms with Crippen LogP contribution in [0.4, 0.5) is 5.13 Å². The van der Waals surface area contributed by atoms with Crippen LogP contribution in [0.1, 0.15) is 10.6 Å². The number of aryl methyl sites for hydroxylation is 2. The van der Waals surface area contributed by atoms with Gasteiger partial charge in [0.25, 0.3) is 0 Å². The minimum Gasteiger partial charge on any atom is -0.496 e. The molecule has 0 aliphatic rings. The molecule has 2 aromatic heterocycles. The van der Waals surface area contributed by atoms with Crippen molar-refractivity contribution in [2.24, 2.45) is 0 Å². The molecule has 4 aromatic rings. The van der Waals surface area contributed by atoms with Gasteiger partial charge < -0.3 is 10.1 Å². The van der Waals surface area contributed by atoms with Crippen molar-refractivity contribution < 1.29 is 9.53 Å². The van der Waals surface area contributed by atoms with E-state index in [1.807, 2.05) is 73.0 Å². The monoisotopic (exact) mass is 451 g/mol. The topological polar surface area (TPSA) is 81.9 Å². The van der Waals surface area contributed by atoms with Gasteiger partial charge in [-0.1, -0.05) is 42.1 Å². The summed E-state index contributed by atoms with van der Waals surface area (Å²) in [6.07, 6.45) is 0. The zero-order valence-corrected chi connectivity index (χ0v) is 19.0. The lowest BCUT2D eigenvalue weighted by atomic mass is 10.2. The Kier molecular flexibility index (Phi) is 6.34. The fraction of sp³-hybridized carbons (Fsp3) is 0.182. The molecule has 31 heavy (non-hydrogen) atoms. The van der Waals surface area contributed by atoms with Crippen LogP contribution in [0.3, 0.4) is 0 Å². The van der Waals surface area contributed by atoms with Gasteiger partial charge in [-0.3, -0.25) is 9.36 Å². The second-order valence-corrected chi connectivity index (χ2v) is 8.82. The highest BCUT2D eigenvalue weighted by atomic mass is 32.2. The Hall–Kier alpha value is -3.17. The highest BCUT2D eigenvalue weighted by molar-refractivity contribution is 7.99. The molecule has 1 amide bonds. The summed E-state index contributed by atoms with van der Waals surface area (Å²) >= 11 is 2.79. The number of methoxy groups -OCH3 is 1. The van der Waals surface area contributed by atoms with Crippen LogP contribution in [0.15, 0.2) is 59.8 Å². The van der Waals surface area contributed by atoms with Crippen LogP contribution in [0, 0.1) is 13.8 Å². The molecule has 2 heterocycles. The first-order valence-electron chi connectivity index (χ1n) is 9.57. The normalized spacial score (nSPS) is 10.8. The number of ether oxygens (including phenoxy) is 1. The molecule has 4 rings (SSSR count).